The van der Waals surface area contributed by atoms with Gasteiger partial charge in [-0.25, -0.2) is 0 Å². The summed E-state index contributed by atoms with van der Waals surface area (Å²) >= 11 is 7.33. The summed E-state index contributed by atoms with van der Waals surface area (Å²) in [6.45, 7) is 1.86. The Balaban J connectivity index is 1.45. The Kier molecular flexibility index (Phi) is 4.40. The number of hydrogen-bond donors (Lipinski definition) is 1. The quantitative estimate of drug-likeness (QED) is 0.578. The number of hydrogen-bond acceptors (Lipinski definition) is 5. The standard InChI is InChI=1S/C18H14ClN5OS/c1-11-21-22-18-24(11)23-17(26-18)13-4-8-15(9-5-13)20-16(25)10-12-2-6-14(19)7-3-12/h2-9H,10H2,1H3,(H,20,25). The predicted molar refractivity (Wildman–Crippen MR) is 103 cm³/mol. The van der Waals surface area contributed by atoms with Gasteiger partial charge in [0.25, 0.3) is 0 Å². The first-order valence-electron chi connectivity index (χ1n) is 7.92. The third kappa shape index (κ3) is 3.44. The molecular weight excluding hydrogens is 370 g/mol. The van der Waals surface area contributed by atoms with E-state index in [9.17, 15) is 4.79 Å². The largest absolute Gasteiger partial charge is 0.326 e. The van der Waals surface area contributed by atoms with Crippen LogP contribution >= 0.6 is 22.9 Å². The minimum absolute atomic E-state index is 0.0745. The molecule has 0 unspecified atom stereocenters. The fourth-order valence-corrected chi connectivity index (χ4v) is 3.54. The van der Waals surface area contributed by atoms with Crippen molar-refractivity contribution in [1.29, 1.82) is 0 Å². The molecule has 4 rings (SSSR count). The minimum atomic E-state index is -0.0745. The Morgan fingerprint density at radius 1 is 1.12 bits per heavy atom. The van der Waals surface area contributed by atoms with Crippen LogP contribution in [0, 0.1) is 6.92 Å². The molecule has 0 saturated carbocycles. The molecule has 2 aromatic heterocycles. The molecule has 0 atom stereocenters. The highest BCUT2D eigenvalue weighted by atomic mass is 35.5. The monoisotopic (exact) mass is 383 g/mol. The average molecular weight is 384 g/mol. The lowest BCUT2D eigenvalue weighted by molar-refractivity contribution is -0.115. The van der Waals surface area contributed by atoms with Gasteiger partial charge in [-0.15, -0.1) is 10.2 Å². The number of benzene rings is 2. The molecule has 8 heteroatoms. The topological polar surface area (TPSA) is 72.2 Å². The van der Waals surface area contributed by atoms with Crippen molar-refractivity contribution in [3.05, 3.63) is 64.9 Å². The van der Waals surface area contributed by atoms with Crippen LogP contribution in [0.3, 0.4) is 0 Å². The highest BCUT2D eigenvalue weighted by Crippen LogP contribution is 2.26. The molecule has 0 bridgehead atoms. The molecule has 26 heavy (non-hydrogen) atoms. The Morgan fingerprint density at radius 3 is 2.54 bits per heavy atom. The van der Waals surface area contributed by atoms with E-state index in [1.165, 1.54) is 11.3 Å². The van der Waals surface area contributed by atoms with Crippen molar-refractivity contribution in [3.63, 3.8) is 0 Å². The summed E-state index contributed by atoms with van der Waals surface area (Å²) in [5.41, 5.74) is 2.63. The van der Waals surface area contributed by atoms with Crippen LogP contribution in [0.5, 0.6) is 0 Å². The number of anilines is 1. The fraction of sp³-hybridized carbons (Fsp3) is 0.111. The molecule has 0 aliphatic heterocycles. The maximum Gasteiger partial charge on any atom is 0.234 e. The number of fused-ring (bicyclic) bond motifs is 1. The highest BCUT2D eigenvalue weighted by molar-refractivity contribution is 7.19. The van der Waals surface area contributed by atoms with Crippen molar-refractivity contribution in [3.8, 4) is 10.6 Å². The van der Waals surface area contributed by atoms with Crippen LogP contribution in [0.15, 0.2) is 48.5 Å². The maximum absolute atomic E-state index is 12.2. The van der Waals surface area contributed by atoms with Crippen molar-refractivity contribution < 1.29 is 4.79 Å². The van der Waals surface area contributed by atoms with Crippen LogP contribution < -0.4 is 5.32 Å². The third-order valence-corrected chi connectivity index (χ3v) is 5.04. The second-order valence-corrected chi connectivity index (χ2v) is 7.17. The number of halogens is 1. The first-order chi connectivity index (χ1) is 12.6. The first-order valence-corrected chi connectivity index (χ1v) is 9.11. The Bertz CT molecular complexity index is 1070. The van der Waals surface area contributed by atoms with Gasteiger partial charge in [0, 0.05) is 16.3 Å². The fourth-order valence-electron chi connectivity index (χ4n) is 2.52. The van der Waals surface area contributed by atoms with E-state index >= 15 is 0 Å². The molecule has 0 saturated heterocycles. The zero-order valence-corrected chi connectivity index (χ0v) is 15.4. The van der Waals surface area contributed by atoms with Crippen LogP contribution in [0.25, 0.3) is 15.5 Å². The predicted octanol–water partition coefficient (Wildman–Crippen LogP) is 4.00. The van der Waals surface area contributed by atoms with Gasteiger partial charge in [-0.2, -0.15) is 9.61 Å². The number of carbonyl (C=O) groups is 1. The van der Waals surface area contributed by atoms with E-state index in [2.05, 4.69) is 20.6 Å². The van der Waals surface area contributed by atoms with E-state index in [4.69, 9.17) is 11.6 Å². The van der Waals surface area contributed by atoms with Gasteiger partial charge in [0.1, 0.15) is 5.01 Å². The molecule has 2 aromatic carbocycles. The van der Waals surface area contributed by atoms with E-state index in [0.717, 1.165) is 32.6 Å². The van der Waals surface area contributed by atoms with E-state index in [1.54, 1.807) is 16.6 Å². The number of aryl methyl sites for hydroxylation is 1. The number of amides is 1. The maximum atomic E-state index is 12.2. The minimum Gasteiger partial charge on any atom is -0.326 e. The summed E-state index contributed by atoms with van der Waals surface area (Å²) in [4.78, 5) is 12.9. The lowest BCUT2D eigenvalue weighted by atomic mass is 10.1. The molecule has 0 aliphatic carbocycles. The molecule has 130 valence electrons. The number of carbonyl (C=O) groups excluding carboxylic acids is 1. The number of rotatable bonds is 4. The second kappa shape index (κ2) is 6.86. The molecule has 0 radical (unpaired) electrons. The Morgan fingerprint density at radius 2 is 1.85 bits per heavy atom. The lowest BCUT2D eigenvalue weighted by Crippen LogP contribution is -2.14. The summed E-state index contributed by atoms with van der Waals surface area (Å²) in [6.07, 6.45) is 0.300. The van der Waals surface area contributed by atoms with E-state index in [-0.39, 0.29) is 5.91 Å². The SMILES string of the molecule is Cc1nnc2sc(-c3ccc(NC(=O)Cc4ccc(Cl)cc4)cc3)nn12. The molecule has 0 fully saturated rings. The average Bonchev–Trinajstić information content (AvgIpc) is 3.20. The molecule has 2 heterocycles. The summed E-state index contributed by atoms with van der Waals surface area (Å²) in [5, 5.41) is 17.0. The van der Waals surface area contributed by atoms with E-state index in [1.807, 2.05) is 43.3 Å². The summed E-state index contributed by atoms with van der Waals surface area (Å²) in [7, 11) is 0. The molecule has 1 N–H and O–H groups in total. The van der Waals surface area contributed by atoms with Gasteiger partial charge in [-0.05, 0) is 48.9 Å². The third-order valence-electron chi connectivity index (χ3n) is 3.84. The van der Waals surface area contributed by atoms with Crippen LogP contribution in [0.2, 0.25) is 5.02 Å². The van der Waals surface area contributed by atoms with Crippen molar-refractivity contribution in [2.24, 2.45) is 0 Å². The molecule has 1 amide bonds. The molecular formula is C18H14ClN5OS. The summed E-state index contributed by atoms with van der Waals surface area (Å²) in [5.74, 6) is 0.683. The molecule has 4 aromatic rings. The smallest absolute Gasteiger partial charge is 0.234 e. The molecule has 6 nitrogen and oxygen atoms in total. The van der Waals surface area contributed by atoms with Gasteiger partial charge in [-0.1, -0.05) is 35.1 Å². The summed E-state index contributed by atoms with van der Waals surface area (Å²) in [6, 6.07) is 14.8. The van der Waals surface area contributed by atoms with Crippen LogP contribution in [-0.4, -0.2) is 25.7 Å². The first kappa shape index (κ1) is 16.7. The number of nitrogens with one attached hydrogen (secondary N) is 1. The van der Waals surface area contributed by atoms with Gasteiger partial charge in [-0.3, -0.25) is 4.79 Å². The Hall–Kier alpha value is -2.77. The van der Waals surface area contributed by atoms with Crippen LogP contribution in [0.4, 0.5) is 5.69 Å². The van der Waals surface area contributed by atoms with Gasteiger partial charge in [0.2, 0.25) is 10.9 Å². The van der Waals surface area contributed by atoms with E-state index in [0.29, 0.717) is 11.4 Å². The van der Waals surface area contributed by atoms with Crippen molar-refractivity contribution in [1.82, 2.24) is 19.8 Å². The van der Waals surface area contributed by atoms with E-state index < -0.39 is 0 Å². The Labute approximate surface area is 158 Å². The van der Waals surface area contributed by atoms with Gasteiger partial charge in [0.15, 0.2) is 5.82 Å². The molecule has 0 aliphatic rings. The van der Waals surface area contributed by atoms with Crippen molar-refractivity contribution in [2.45, 2.75) is 13.3 Å². The highest BCUT2D eigenvalue weighted by Gasteiger charge is 2.11. The second-order valence-electron chi connectivity index (χ2n) is 5.78. The summed E-state index contributed by atoms with van der Waals surface area (Å²) < 4.78 is 1.72. The van der Waals surface area contributed by atoms with Crippen LogP contribution in [0.1, 0.15) is 11.4 Å². The molecule has 0 spiro atoms. The zero-order valence-electron chi connectivity index (χ0n) is 13.8. The zero-order chi connectivity index (χ0) is 18.1. The van der Waals surface area contributed by atoms with Crippen molar-refractivity contribution >= 4 is 39.5 Å². The van der Waals surface area contributed by atoms with Crippen LogP contribution in [-0.2, 0) is 11.2 Å². The van der Waals surface area contributed by atoms with Gasteiger partial charge >= 0.3 is 0 Å². The normalized spacial score (nSPS) is 11.0. The lowest BCUT2D eigenvalue weighted by Gasteiger charge is -2.06. The number of nitrogens with zero attached hydrogens (tertiary/aromatic N) is 4. The van der Waals surface area contributed by atoms with Gasteiger partial charge < -0.3 is 5.32 Å². The van der Waals surface area contributed by atoms with Crippen molar-refractivity contribution in [2.75, 3.05) is 5.32 Å². The number of aromatic nitrogens is 4. The van der Waals surface area contributed by atoms with Gasteiger partial charge in [0.05, 0.1) is 6.42 Å².